The molecule has 0 aliphatic carbocycles. The first-order chi connectivity index (χ1) is 10.7. The van der Waals surface area contributed by atoms with Crippen molar-refractivity contribution in [3.63, 3.8) is 0 Å². The van der Waals surface area contributed by atoms with Crippen LogP contribution in [0.1, 0.15) is 20.8 Å². The fraction of sp³-hybridized carbons (Fsp3) is 0.533. The third-order valence-corrected chi connectivity index (χ3v) is 3.76. The first-order valence-corrected chi connectivity index (χ1v) is 8.06. The van der Waals surface area contributed by atoms with Crippen molar-refractivity contribution in [2.24, 2.45) is 0 Å². The number of carboxylic acid groups (broad SMARTS) is 1. The average molecular weight is 386 g/mol. The molecule has 7 nitrogen and oxygen atoms in total. The third kappa shape index (κ3) is 4.57. The highest BCUT2D eigenvalue weighted by Crippen LogP contribution is 2.21. The normalized spacial score (nSPS) is 18.7. The summed E-state index contributed by atoms with van der Waals surface area (Å²) in [5.41, 5.74) is -0.664. The van der Waals surface area contributed by atoms with Crippen molar-refractivity contribution in [1.29, 1.82) is 0 Å². The monoisotopic (exact) mass is 385 g/mol. The molecular formula is C15H20BrN3O4. The Hall–Kier alpha value is -1.83. The summed E-state index contributed by atoms with van der Waals surface area (Å²) in [4.78, 5) is 31.2. The molecule has 1 aromatic heterocycles. The van der Waals surface area contributed by atoms with Gasteiger partial charge < -0.3 is 14.7 Å². The van der Waals surface area contributed by atoms with Gasteiger partial charge >= 0.3 is 12.1 Å². The van der Waals surface area contributed by atoms with Crippen molar-refractivity contribution in [2.45, 2.75) is 32.4 Å². The molecule has 2 rings (SSSR count). The second-order valence-corrected chi connectivity index (χ2v) is 7.10. The van der Waals surface area contributed by atoms with E-state index >= 15 is 0 Å². The highest BCUT2D eigenvalue weighted by molar-refractivity contribution is 9.10. The lowest BCUT2D eigenvalue weighted by Crippen LogP contribution is -2.59. The van der Waals surface area contributed by atoms with Crippen molar-refractivity contribution < 1.29 is 19.4 Å². The van der Waals surface area contributed by atoms with Gasteiger partial charge in [0.15, 0.2) is 0 Å². The predicted octanol–water partition coefficient (Wildman–Crippen LogP) is 2.35. The van der Waals surface area contributed by atoms with Crippen molar-refractivity contribution in [3.05, 3.63) is 22.8 Å². The van der Waals surface area contributed by atoms with Crippen LogP contribution in [0, 0.1) is 0 Å². The maximum absolute atomic E-state index is 12.2. The smallest absolute Gasteiger partial charge is 0.411 e. The van der Waals surface area contributed by atoms with Gasteiger partial charge in [-0.2, -0.15) is 0 Å². The summed E-state index contributed by atoms with van der Waals surface area (Å²) >= 11 is 3.30. The van der Waals surface area contributed by atoms with E-state index in [0.29, 0.717) is 17.0 Å². The van der Waals surface area contributed by atoms with Crippen LogP contribution in [0.15, 0.2) is 22.8 Å². The van der Waals surface area contributed by atoms with Gasteiger partial charge in [0, 0.05) is 13.1 Å². The first-order valence-electron chi connectivity index (χ1n) is 7.27. The highest BCUT2D eigenvalue weighted by atomic mass is 79.9. The number of halogens is 1. The zero-order valence-corrected chi connectivity index (χ0v) is 14.9. The van der Waals surface area contributed by atoms with Crippen LogP contribution < -0.4 is 4.90 Å². The van der Waals surface area contributed by atoms with Gasteiger partial charge in [-0.25, -0.2) is 14.6 Å². The fourth-order valence-electron chi connectivity index (χ4n) is 2.32. The predicted molar refractivity (Wildman–Crippen MR) is 88.5 cm³/mol. The van der Waals surface area contributed by atoms with Crippen molar-refractivity contribution in [1.82, 2.24) is 9.88 Å². The summed E-state index contributed by atoms with van der Waals surface area (Å²) in [6.45, 7) is 6.18. The molecular weight excluding hydrogens is 366 g/mol. The van der Waals surface area contributed by atoms with Crippen molar-refractivity contribution in [3.8, 4) is 0 Å². The fourth-order valence-corrected chi connectivity index (χ4v) is 2.65. The van der Waals surface area contributed by atoms with Gasteiger partial charge in [-0.15, -0.1) is 0 Å². The number of rotatable bonds is 2. The minimum Gasteiger partial charge on any atom is -0.480 e. The van der Waals surface area contributed by atoms with Crippen LogP contribution in [0.4, 0.5) is 10.6 Å². The summed E-state index contributed by atoms with van der Waals surface area (Å²) in [6.07, 6.45) is -0.605. The lowest BCUT2D eigenvalue weighted by atomic mass is 10.1. The Labute approximate surface area is 143 Å². The minimum absolute atomic E-state index is 0.165. The Morgan fingerprint density at radius 3 is 2.61 bits per heavy atom. The molecule has 1 N–H and O–H groups in total. The number of amides is 1. The van der Waals surface area contributed by atoms with Crippen molar-refractivity contribution in [2.75, 3.05) is 24.5 Å². The van der Waals surface area contributed by atoms with E-state index in [4.69, 9.17) is 4.74 Å². The summed E-state index contributed by atoms with van der Waals surface area (Å²) < 4.78 is 5.98. The summed E-state index contributed by atoms with van der Waals surface area (Å²) in [5, 5.41) is 9.47. The van der Waals surface area contributed by atoms with Gasteiger partial charge in [0.25, 0.3) is 0 Å². The van der Waals surface area contributed by atoms with Crippen LogP contribution in [0.2, 0.25) is 0 Å². The zero-order valence-electron chi connectivity index (χ0n) is 13.3. The maximum Gasteiger partial charge on any atom is 0.411 e. The van der Waals surface area contributed by atoms with Gasteiger partial charge in [-0.05, 0) is 48.8 Å². The number of hydrogen-bond donors (Lipinski definition) is 1. The Balaban J connectivity index is 2.15. The largest absolute Gasteiger partial charge is 0.480 e. The number of aliphatic carboxylic acids is 1. The number of hydrogen-bond acceptors (Lipinski definition) is 5. The standard InChI is InChI=1S/C15H20BrN3O4/c1-15(2,3)23-14(22)19-8-7-18(9-10(19)13(20)21)12-6-4-5-11(16)17-12/h4-6,10H,7-9H2,1-3H3,(H,20,21)/t10-/m0/s1. The number of carbonyl (C=O) groups excluding carboxylic acids is 1. The van der Waals surface area contributed by atoms with Gasteiger partial charge in [0.2, 0.25) is 0 Å². The number of carbonyl (C=O) groups is 2. The molecule has 23 heavy (non-hydrogen) atoms. The number of aromatic nitrogens is 1. The van der Waals surface area contributed by atoms with Gasteiger partial charge in [-0.1, -0.05) is 6.07 Å². The second-order valence-electron chi connectivity index (χ2n) is 6.29. The van der Waals surface area contributed by atoms with E-state index in [-0.39, 0.29) is 13.1 Å². The van der Waals surface area contributed by atoms with Crippen LogP contribution in [0.3, 0.4) is 0 Å². The second kappa shape index (κ2) is 6.74. The number of pyridine rings is 1. The SMILES string of the molecule is CC(C)(C)OC(=O)N1CCN(c2cccc(Br)n2)C[C@H]1C(=O)O. The van der Waals surface area contributed by atoms with Crippen LogP contribution in [0.5, 0.6) is 0 Å². The molecule has 1 aromatic rings. The number of ether oxygens (including phenoxy) is 1. The molecule has 0 radical (unpaired) electrons. The Kier molecular flexibility index (Phi) is 5.13. The number of piperazine rings is 1. The Morgan fingerprint density at radius 2 is 2.04 bits per heavy atom. The first kappa shape index (κ1) is 17.5. The molecule has 8 heteroatoms. The maximum atomic E-state index is 12.2. The highest BCUT2D eigenvalue weighted by Gasteiger charge is 2.37. The van der Waals surface area contributed by atoms with Crippen LogP contribution in [0.25, 0.3) is 0 Å². The molecule has 1 atom stereocenters. The molecule has 1 saturated heterocycles. The Morgan fingerprint density at radius 1 is 1.35 bits per heavy atom. The van der Waals surface area contributed by atoms with E-state index in [1.54, 1.807) is 26.8 Å². The Bertz CT molecular complexity index is 603. The van der Waals surface area contributed by atoms with Crippen molar-refractivity contribution >= 4 is 33.8 Å². The topological polar surface area (TPSA) is 83.0 Å². The third-order valence-electron chi connectivity index (χ3n) is 3.32. The van der Waals surface area contributed by atoms with Gasteiger partial charge in [-0.3, -0.25) is 4.90 Å². The molecule has 0 bridgehead atoms. The van der Waals surface area contributed by atoms with Gasteiger partial charge in [0.1, 0.15) is 22.1 Å². The van der Waals surface area contributed by atoms with Crippen LogP contribution in [-0.2, 0) is 9.53 Å². The lowest BCUT2D eigenvalue weighted by molar-refractivity contribution is -0.143. The number of anilines is 1. The molecule has 0 saturated carbocycles. The molecule has 1 aliphatic heterocycles. The molecule has 126 valence electrons. The van der Waals surface area contributed by atoms with E-state index in [0.717, 1.165) is 0 Å². The summed E-state index contributed by atoms with van der Waals surface area (Å²) in [6, 6.07) is 4.48. The summed E-state index contributed by atoms with van der Waals surface area (Å²) in [7, 11) is 0. The van der Waals surface area contributed by atoms with Gasteiger partial charge in [0.05, 0.1) is 6.54 Å². The van der Waals surface area contributed by atoms with E-state index in [2.05, 4.69) is 20.9 Å². The molecule has 1 aliphatic rings. The average Bonchev–Trinajstić information content (AvgIpc) is 2.44. The van der Waals surface area contributed by atoms with E-state index in [1.165, 1.54) is 4.90 Å². The van der Waals surface area contributed by atoms with E-state index in [1.807, 2.05) is 17.0 Å². The molecule has 0 spiro atoms. The molecule has 1 amide bonds. The quantitative estimate of drug-likeness (QED) is 0.786. The van der Waals surface area contributed by atoms with Crippen LogP contribution >= 0.6 is 15.9 Å². The minimum atomic E-state index is -1.06. The molecule has 0 unspecified atom stereocenters. The number of nitrogens with zero attached hydrogens (tertiary/aromatic N) is 3. The lowest BCUT2D eigenvalue weighted by Gasteiger charge is -2.40. The molecule has 0 aromatic carbocycles. The molecule has 1 fully saturated rings. The summed E-state index contributed by atoms with van der Waals surface area (Å²) in [5.74, 6) is -0.384. The zero-order chi connectivity index (χ0) is 17.2. The van der Waals surface area contributed by atoms with E-state index in [9.17, 15) is 14.7 Å². The molecule has 2 heterocycles. The van der Waals surface area contributed by atoms with E-state index < -0.39 is 23.7 Å². The van der Waals surface area contributed by atoms with Crippen LogP contribution in [-0.4, -0.2) is 58.3 Å². The number of carboxylic acids is 1.